The molecule has 0 spiro atoms. The molecule has 0 saturated carbocycles. The van der Waals surface area contributed by atoms with Crippen LogP contribution < -0.4 is 9.62 Å². The van der Waals surface area contributed by atoms with Crippen molar-refractivity contribution < 1.29 is 26.4 Å². The summed E-state index contributed by atoms with van der Waals surface area (Å²) in [6, 6.07) is 9.41. The first-order chi connectivity index (χ1) is 15.6. The molecule has 0 aliphatic carbocycles. The fourth-order valence-corrected chi connectivity index (χ4v) is 4.72. The summed E-state index contributed by atoms with van der Waals surface area (Å²) in [5.41, 5.74) is -1.53. The lowest BCUT2D eigenvalue weighted by atomic mass is 10.2. The molecule has 2 aromatic carbocycles. The lowest BCUT2D eigenvalue weighted by Crippen LogP contribution is -2.41. The van der Waals surface area contributed by atoms with Crippen molar-refractivity contribution in [2.24, 2.45) is 0 Å². The standard InChI is InChI=1S/C21H20ClF3N4O3S/c22-18-8-7-16(21(23,24)25)13-19(18)29(33(31,32)17-5-2-1-3-6-17)14-20(30)27-9-4-11-28-12-10-26-15-28/h1-3,5-8,10,12-13,15H,4,9,11,14H2,(H,27,30). The van der Waals surface area contributed by atoms with E-state index in [-0.39, 0.29) is 16.5 Å². The predicted molar refractivity (Wildman–Crippen MR) is 117 cm³/mol. The molecule has 3 rings (SSSR count). The second-order valence-electron chi connectivity index (χ2n) is 6.99. The molecule has 1 heterocycles. The number of nitrogens with one attached hydrogen (secondary N) is 1. The fraction of sp³-hybridized carbons (Fsp3) is 0.238. The highest BCUT2D eigenvalue weighted by Crippen LogP contribution is 2.37. The Morgan fingerprint density at radius 1 is 1.15 bits per heavy atom. The van der Waals surface area contributed by atoms with Crippen LogP contribution >= 0.6 is 11.6 Å². The molecule has 7 nitrogen and oxygen atoms in total. The van der Waals surface area contributed by atoms with E-state index in [9.17, 15) is 26.4 Å². The van der Waals surface area contributed by atoms with Gasteiger partial charge in [0.1, 0.15) is 6.54 Å². The number of hydrogen-bond acceptors (Lipinski definition) is 4. The minimum atomic E-state index is -4.73. The van der Waals surface area contributed by atoms with Gasteiger partial charge < -0.3 is 9.88 Å². The number of amides is 1. The molecule has 1 amide bonds. The van der Waals surface area contributed by atoms with Gasteiger partial charge in [-0.2, -0.15) is 13.2 Å². The summed E-state index contributed by atoms with van der Waals surface area (Å²) in [7, 11) is -4.39. The van der Waals surface area contributed by atoms with Crippen LogP contribution in [-0.2, 0) is 27.5 Å². The van der Waals surface area contributed by atoms with Crippen molar-refractivity contribution in [3.8, 4) is 0 Å². The Morgan fingerprint density at radius 2 is 1.88 bits per heavy atom. The molecule has 0 aliphatic rings. The lowest BCUT2D eigenvalue weighted by Gasteiger charge is -2.26. The third-order valence-electron chi connectivity index (χ3n) is 4.64. The third-order valence-corrected chi connectivity index (χ3v) is 6.73. The van der Waals surface area contributed by atoms with Crippen molar-refractivity contribution >= 4 is 33.2 Å². The van der Waals surface area contributed by atoms with Gasteiger partial charge >= 0.3 is 6.18 Å². The number of aromatic nitrogens is 2. The molecule has 1 N–H and O–H groups in total. The maximum atomic E-state index is 13.3. The van der Waals surface area contributed by atoms with Crippen molar-refractivity contribution in [3.63, 3.8) is 0 Å². The molecule has 0 aliphatic heterocycles. The topological polar surface area (TPSA) is 84.3 Å². The van der Waals surface area contributed by atoms with Crippen molar-refractivity contribution in [1.82, 2.24) is 14.9 Å². The predicted octanol–water partition coefficient (Wildman–Crippen LogP) is 3.96. The van der Waals surface area contributed by atoms with Crippen LogP contribution in [-0.4, -0.2) is 37.0 Å². The monoisotopic (exact) mass is 500 g/mol. The maximum Gasteiger partial charge on any atom is 0.416 e. The highest BCUT2D eigenvalue weighted by atomic mass is 35.5. The average molecular weight is 501 g/mol. The number of benzene rings is 2. The molecule has 1 aromatic heterocycles. The molecule has 3 aromatic rings. The molecule has 0 atom stereocenters. The third kappa shape index (κ3) is 6.26. The Hall–Kier alpha value is -3.05. The summed E-state index contributed by atoms with van der Waals surface area (Å²) in [5, 5.41) is 2.35. The van der Waals surface area contributed by atoms with Gasteiger partial charge in [-0.1, -0.05) is 29.8 Å². The molecule has 0 radical (unpaired) electrons. The van der Waals surface area contributed by atoms with E-state index in [1.54, 1.807) is 29.4 Å². The molecule has 0 unspecified atom stereocenters. The smallest absolute Gasteiger partial charge is 0.354 e. The van der Waals surface area contributed by atoms with Crippen LogP contribution in [0.1, 0.15) is 12.0 Å². The number of nitrogens with zero attached hydrogens (tertiary/aromatic N) is 3. The van der Waals surface area contributed by atoms with Gasteiger partial charge in [-0.15, -0.1) is 0 Å². The van der Waals surface area contributed by atoms with E-state index in [4.69, 9.17) is 11.6 Å². The molecular formula is C21H20ClF3N4O3S. The summed E-state index contributed by atoms with van der Waals surface area (Å²) in [4.78, 5) is 16.3. The average Bonchev–Trinajstić information content (AvgIpc) is 3.29. The normalized spacial score (nSPS) is 11.9. The number of rotatable bonds is 9. The maximum absolute atomic E-state index is 13.3. The Labute approximate surface area is 193 Å². The Morgan fingerprint density at radius 3 is 2.52 bits per heavy atom. The van der Waals surface area contributed by atoms with E-state index in [1.165, 1.54) is 24.3 Å². The number of sulfonamides is 1. The van der Waals surface area contributed by atoms with E-state index >= 15 is 0 Å². The first-order valence-electron chi connectivity index (χ1n) is 9.76. The number of anilines is 1. The van der Waals surface area contributed by atoms with Gasteiger partial charge in [-0.3, -0.25) is 9.10 Å². The van der Waals surface area contributed by atoms with Gasteiger partial charge in [0.25, 0.3) is 10.0 Å². The number of carbonyl (C=O) groups is 1. The van der Waals surface area contributed by atoms with Gasteiger partial charge in [0.2, 0.25) is 5.91 Å². The van der Waals surface area contributed by atoms with Crippen LogP contribution in [0, 0.1) is 0 Å². The number of hydrogen-bond donors (Lipinski definition) is 1. The van der Waals surface area contributed by atoms with Gasteiger partial charge in [0.05, 0.1) is 27.5 Å². The summed E-state index contributed by atoms with van der Waals surface area (Å²) in [6.07, 6.45) is 0.801. The second-order valence-corrected chi connectivity index (χ2v) is 9.26. The van der Waals surface area contributed by atoms with Gasteiger partial charge in [-0.25, -0.2) is 13.4 Å². The zero-order valence-electron chi connectivity index (χ0n) is 17.2. The molecule has 0 bridgehead atoms. The first-order valence-corrected chi connectivity index (χ1v) is 11.6. The number of aryl methyl sites for hydroxylation is 1. The molecular weight excluding hydrogens is 481 g/mol. The van der Waals surface area contributed by atoms with Crippen LogP contribution in [0.15, 0.2) is 72.1 Å². The number of alkyl halides is 3. The zero-order valence-corrected chi connectivity index (χ0v) is 18.7. The van der Waals surface area contributed by atoms with Crippen LogP contribution in [0.25, 0.3) is 0 Å². The van der Waals surface area contributed by atoms with Gasteiger partial charge in [0.15, 0.2) is 0 Å². The summed E-state index contributed by atoms with van der Waals surface area (Å²) in [5.74, 6) is -0.686. The minimum absolute atomic E-state index is 0.189. The minimum Gasteiger partial charge on any atom is -0.354 e. The van der Waals surface area contributed by atoms with Gasteiger partial charge in [-0.05, 0) is 36.8 Å². The SMILES string of the molecule is O=C(CN(c1cc(C(F)(F)F)ccc1Cl)S(=O)(=O)c1ccccc1)NCCCn1ccnc1. The Bertz CT molecular complexity index is 1190. The van der Waals surface area contributed by atoms with Crippen molar-refractivity contribution in [3.05, 3.63) is 77.8 Å². The molecule has 176 valence electrons. The highest BCUT2D eigenvalue weighted by molar-refractivity contribution is 7.92. The fourth-order valence-electron chi connectivity index (χ4n) is 2.99. The van der Waals surface area contributed by atoms with E-state index in [1.807, 2.05) is 0 Å². The zero-order chi connectivity index (χ0) is 24.1. The Balaban J connectivity index is 1.86. The summed E-state index contributed by atoms with van der Waals surface area (Å²) >= 11 is 6.09. The quantitative estimate of drug-likeness (QED) is 0.451. The van der Waals surface area contributed by atoms with E-state index < -0.39 is 39.9 Å². The van der Waals surface area contributed by atoms with Gasteiger partial charge in [0, 0.05) is 25.5 Å². The molecule has 0 fully saturated rings. The van der Waals surface area contributed by atoms with E-state index in [0.29, 0.717) is 23.3 Å². The second kappa shape index (κ2) is 10.3. The largest absolute Gasteiger partial charge is 0.416 e. The molecule has 33 heavy (non-hydrogen) atoms. The van der Waals surface area contributed by atoms with Crippen molar-refractivity contribution in [2.45, 2.75) is 24.0 Å². The van der Waals surface area contributed by atoms with Crippen LogP contribution in [0.2, 0.25) is 5.02 Å². The first kappa shape index (κ1) is 24.6. The summed E-state index contributed by atoms with van der Waals surface area (Å²) in [6.45, 7) is 0.0572. The summed E-state index contributed by atoms with van der Waals surface area (Å²) < 4.78 is 68.7. The molecule has 12 heteroatoms. The van der Waals surface area contributed by atoms with Crippen LogP contribution in [0.3, 0.4) is 0 Å². The number of halogens is 4. The van der Waals surface area contributed by atoms with Crippen molar-refractivity contribution in [1.29, 1.82) is 0 Å². The van der Waals surface area contributed by atoms with Crippen molar-refractivity contribution in [2.75, 3.05) is 17.4 Å². The number of imidazole rings is 1. The van der Waals surface area contributed by atoms with Crippen LogP contribution in [0.5, 0.6) is 0 Å². The van der Waals surface area contributed by atoms with E-state index in [2.05, 4.69) is 10.3 Å². The lowest BCUT2D eigenvalue weighted by molar-refractivity contribution is -0.137. The van der Waals surface area contributed by atoms with Crippen LogP contribution in [0.4, 0.5) is 18.9 Å². The Kier molecular flexibility index (Phi) is 7.65. The van der Waals surface area contributed by atoms with E-state index in [0.717, 1.165) is 12.1 Å². The molecule has 0 saturated heterocycles. The highest BCUT2D eigenvalue weighted by Gasteiger charge is 2.34. The number of carbonyl (C=O) groups excluding carboxylic acids is 1.